The molecule has 218 valence electrons. The number of fused-ring (bicyclic) bond motifs is 4. The van der Waals surface area contributed by atoms with Gasteiger partial charge in [-0.1, -0.05) is 56.2 Å². The van der Waals surface area contributed by atoms with Crippen molar-refractivity contribution >= 4 is 23.6 Å². The summed E-state index contributed by atoms with van der Waals surface area (Å²) in [5.74, 6) is -3.14. The van der Waals surface area contributed by atoms with Gasteiger partial charge in [0.05, 0.1) is 30.8 Å². The lowest BCUT2D eigenvalue weighted by atomic mass is 9.57. The molecule has 0 bridgehead atoms. The number of amides is 4. The van der Waals surface area contributed by atoms with Gasteiger partial charge in [0, 0.05) is 23.6 Å². The number of allylic oxidation sites excluding steroid dienone is 2. The Kier molecular flexibility index (Phi) is 6.70. The van der Waals surface area contributed by atoms with Crippen LogP contribution in [-0.2, 0) is 19.2 Å². The van der Waals surface area contributed by atoms with E-state index in [1.165, 1.54) is 0 Å². The molecular weight excluding hydrogens is 520 g/mol. The van der Waals surface area contributed by atoms with Crippen molar-refractivity contribution in [1.82, 2.24) is 9.80 Å². The predicted molar refractivity (Wildman–Crippen MR) is 150 cm³/mol. The summed E-state index contributed by atoms with van der Waals surface area (Å²) in [5, 5.41) is 11.2. The second-order valence-corrected chi connectivity index (χ2v) is 13.1. The first-order valence-electron chi connectivity index (χ1n) is 15.7. The average Bonchev–Trinajstić information content (AvgIpc) is 3.40. The van der Waals surface area contributed by atoms with Crippen LogP contribution in [0, 0.1) is 29.6 Å². The lowest BCUT2D eigenvalue weighted by Crippen LogP contribution is -2.44. The Hall–Kier alpha value is -3.16. The number of ether oxygens (including phenoxy) is 1. The number of hydrogen-bond donors (Lipinski definition) is 1. The summed E-state index contributed by atoms with van der Waals surface area (Å²) in [6, 6.07) is 4.94. The minimum Gasteiger partial charge on any atom is -0.508 e. The van der Waals surface area contributed by atoms with E-state index in [4.69, 9.17) is 4.74 Å². The SMILES string of the molecule is COc1cccc(O)c1[C@H]1C2=CC[C@@H]3C(=O)N(C4CCCCC4)C(=O)[C@@H]3[C@@H]2C[C@H]2C(=O)N(C3CCCCC3)C(=O)[C@@H]12. The first kappa shape index (κ1) is 26.7. The summed E-state index contributed by atoms with van der Waals surface area (Å²) < 4.78 is 5.71. The molecule has 1 N–H and O–H groups in total. The third-order valence-electron chi connectivity index (χ3n) is 11.2. The van der Waals surface area contributed by atoms with Gasteiger partial charge in [0.1, 0.15) is 11.5 Å². The Labute approximate surface area is 241 Å². The van der Waals surface area contributed by atoms with Crippen molar-refractivity contribution < 1.29 is 29.0 Å². The molecule has 6 aliphatic rings. The molecule has 7 rings (SSSR count). The van der Waals surface area contributed by atoms with Crippen LogP contribution in [0.15, 0.2) is 29.8 Å². The molecule has 2 aliphatic heterocycles. The fraction of sp³-hybridized carbons (Fsp3) is 0.636. The minimum absolute atomic E-state index is 0.0193. The van der Waals surface area contributed by atoms with E-state index in [-0.39, 0.29) is 47.4 Å². The molecule has 0 aromatic heterocycles. The Bertz CT molecular complexity index is 1310. The van der Waals surface area contributed by atoms with E-state index in [2.05, 4.69) is 6.08 Å². The molecule has 0 radical (unpaired) electrons. The zero-order valence-electron chi connectivity index (χ0n) is 23.8. The number of phenols is 1. The molecule has 1 aromatic carbocycles. The van der Waals surface area contributed by atoms with E-state index in [0.29, 0.717) is 24.2 Å². The topological polar surface area (TPSA) is 104 Å². The quantitative estimate of drug-likeness (QED) is 0.423. The summed E-state index contributed by atoms with van der Waals surface area (Å²) in [5.41, 5.74) is 1.41. The van der Waals surface area contributed by atoms with Crippen LogP contribution in [0.5, 0.6) is 11.5 Å². The highest BCUT2D eigenvalue weighted by molar-refractivity contribution is 6.08. The Morgan fingerprint density at radius 3 is 1.93 bits per heavy atom. The van der Waals surface area contributed by atoms with Gasteiger partial charge in [0.15, 0.2) is 0 Å². The summed E-state index contributed by atoms with van der Waals surface area (Å²) in [6.45, 7) is 0. The van der Waals surface area contributed by atoms with Crippen molar-refractivity contribution in [1.29, 1.82) is 0 Å². The van der Waals surface area contributed by atoms with Crippen LogP contribution in [0.25, 0.3) is 0 Å². The molecule has 2 heterocycles. The van der Waals surface area contributed by atoms with Crippen LogP contribution in [-0.4, -0.2) is 57.7 Å². The van der Waals surface area contributed by atoms with Gasteiger partial charge in [-0.2, -0.15) is 0 Å². The molecule has 2 saturated heterocycles. The highest BCUT2D eigenvalue weighted by Crippen LogP contribution is 2.60. The fourth-order valence-corrected chi connectivity index (χ4v) is 9.38. The average molecular weight is 561 g/mol. The first-order valence-corrected chi connectivity index (χ1v) is 15.7. The second-order valence-electron chi connectivity index (χ2n) is 13.1. The number of aromatic hydroxyl groups is 1. The number of rotatable bonds is 4. The highest BCUT2D eigenvalue weighted by atomic mass is 16.5. The molecule has 1 aromatic rings. The molecule has 4 amide bonds. The number of nitrogens with zero attached hydrogens (tertiary/aromatic N) is 2. The Balaban J connectivity index is 1.32. The van der Waals surface area contributed by atoms with E-state index in [9.17, 15) is 24.3 Å². The number of carbonyl (C=O) groups is 4. The highest BCUT2D eigenvalue weighted by Gasteiger charge is 2.63. The number of imide groups is 2. The number of carbonyl (C=O) groups excluding carboxylic acids is 4. The maximum atomic E-state index is 14.2. The normalized spacial score (nSPS) is 34.4. The van der Waals surface area contributed by atoms with E-state index in [0.717, 1.165) is 69.8 Å². The molecule has 0 unspecified atom stereocenters. The van der Waals surface area contributed by atoms with Crippen LogP contribution < -0.4 is 4.74 Å². The third kappa shape index (κ3) is 3.99. The second kappa shape index (κ2) is 10.3. The van der Waals surface area contributed by atoms with E-state index >= 15 is 0 Å². The predicted octanol–water partition coefficient (Wildman–Crippen LogP) is 4.70. The van der Waals surface area contributed by atoms with Gasteiger partial charge in [-0.05, 0) is 56.6 Å². The smallest absolute Gasteiger partial charge is 0.234 e. The van der Waals surface area contributed by atoms with Crippen molar-refractivity contribution in [2.45, 2.75) is 95.1 Å². The van der Waals surface area contributed by atoms with Gasteiger partial charge < -0.3 is 9.84 Å². The van der Waals surface area contributed by atoms with Crippen LogP contribution in [0.1, 0.15) is 88.5 Å². The molecule has 8 nitrogen and oxygen atoms in total. The summed E-state index contributed by atoms with van der Waals surface area (Å²) in [6.07, 6.45) is 12.5. The fourth-order valence-electron chi connectivity index (χ4n) is 9.38. The van der Waals surface area contributed by atoms with Gasteiger partial charge in [0.25, 0.3) is 0 Å². The minimum atomic E-state index is -0.660. The largest absolute Gasteiger partial charge is 0.508 e. The van der Waals surface area contributed by atoms with Crippen molar-refractivity contribution in [2.75, 3.05) is 7.11 Å². The van der Waals surface area contributed by atoms with Crippen molar-refractivity contribution in [2.24, 2.45) is 29.6 Å². The lowest BCUT2D eigenvalue weighted by molar-refractivity contribution is -0.145. The summed E-state index contributed by atoms with van der Waals surface area (Å²) in [4.78, 5) is 59.3. The molecule has 3 saturated carbocycles. The van der Waals surface area contributed by atoms with Crippen LogP contribution in [0.4, 0.5) is 0 Å². The lowest BCUT2D eigenvalue weighted by Gasteiger charge is -2.44. The van der Waals surface area contributed by atoms with Crippen LogP contribution in [0.3, 0.4) is 0 Å². The summed E-state index contributed by atoms with van der Waals surface area (Å²) >= 11 is 0. The molecule has 6 atom stereocenters. The monoisotopic (exact) mass is 560 g/mol. The van der Waals surface area contributed by atoms with Crippen molar-refractivity contribution in [3.8, 4) is 11.5 Å². The van der Waals surface area contributed by atoms with Gasteiger partial charge in [-0.3, -0.25) is 29.0 Å². The van der Waals surface area contributed by atoms with Crippen LogP contribution >= 0.6 is 0 Å². The number of likely N-dealkylation sites (tertiary alicyclic amines) is 2. The van der Waals surface area contributed by atoms with Crippen LogP contribution in [0.2, 0.25) is 0 Å². The molecular formula is C33H40N2O6. The Morgan fingerprint density at radius 2 is 1.32 bits per heavy atom. The number of hydrogen-bond acceptors (Lipinski definition) is 6. The zero-order chi connectivity index (χ0) is 28.4. The molecule has 8 heteroatoms. The Morgan fingerprint density at radius 1 is 0.732 bits per heavy atom. The zero-order valence-corrected chi connectivity index (χ0v) is 23.8. The van der Waals surface area contributed by atoms with Crippen molar-refractivity contribution in [3.05, 3.63) is 35.4 Å². The summed E-state index contributed by atoms with van der Waals surface area (Å²) in [7, 11) is 1.54. The molecule has 0 spiro atoms. The standard InChI is InChI=1S/C33H40N2O6/c1-41-25-14-8-13-24(36)29(25)27-20-15-16-21-26(32(39)34(30(21)37)18-9-4-2-5-10-18)22(20)17-23-28(27)33(40)35(31(23)38)19-11-6-3-7-12-19/h8,13-15,18-19,21-23,26-28,36H,2-7,9-12,16-17H2,1H3/t21-,22+,23+,26-,27-,28+/m0/s1. The number of phenolic OH excluding ortho intramolecular Hbond substituents is 1. The number of methoxy groups -OCH3 is 1. The maximum Gasteiger partial charge on any atom is 0.234 e. The van der Waals surface area contributed by atoms with E-state index in [1.807, 2.05) is 0 Å². The van der Waals surface area contributed by atoms with Gasteiger partial charge >= 0.3 is 0 Å². The number of benzene rings is 1. The van der Waals surface area contributed by atoms with Gasteiger partial charge in [-0.15, -0.1) is 0 Å². The third-order valence-corrected chi connectivity index (χ3v) is 11.2. The van der Waals surface area contributed by atoms with E-state index in [1.54, 1.807) is 35.1 Å². The molecule has 5 fully saturated rings. The van der Waals surface area contributed by atoms with Gasteiger partial charge in [-0.25, -0.2) is 0 Å². The van der Waals surface area contributed by atoms with E-state index < -0.39 is 29.6 Å². The molecule has 41 heavy (non-hydrogen) atoms. The first-order chi connectivity index (χ1) is 19.9. The van der Waals surface area contributed by atoms with Crippen molar-refractivity contribution in [3.63, 3.8) is 0 Å². The maximum absolute atomic E-state index is 14.2. The molecule has 4 aliphatic carbocycles. The van der Waals surface area contributed by atoms with Gasteiger partial charge in [0.2, 0.25) is 23.6 Å².